The van der Waals surface area contributed by atoms with Crippen LogP contribution in [0.4, 0.5) is 0 Å². The number of para-hydroxylation sites is 1. The second-order valence-electron chi connectivity index (χ2n) is 3.36. The van der Waals surface area contributed by atoms with Gasteiger partial charge in [0, 0.05) is 0 Å². The third kappa shape index (κ3) is 3.53. The lowest BCUT2D eigenvalue weighted by Crippen LogP contribution is -2.07. The normalized spacial score (nSPS) is 10.1. The minimum absolute atomic E-state index is 0.129. The molecule has 0 amide bonds. The summed E-state index contributed by atoms with van der Waals surface area (Å²) < 4.78 is 10.3. The van der Waals surface area contributed by atoms with Crippen molar-refractivity contribution in [2.24, 2.45) is 0 Å². The van der Waals surface area contributed by atoms with E-state index in [-0.39, 0.29) is 12.4 Å². The summed E-state index contributed by atoms with van der Waals surface area (Å²) in [6.45, 7) is 2.13. The van der Waals surface area contributed by atoms with E-state index in [0.717, 1.165) is 0 Å². The highest BCUT2D eigenvalue weighted by Crippen LogP contribution is 2.24. The van der Waals surface area contributed by atoms with Crippen LogP contribution in [0.25, 0.3) is 0 Å². The van der Waals surface area contributed by atoms with Crippen LogP contribution in [0, 0.1) is 0 Å². The number of carbonyl (C=O) groups is 1. The van der Waals surface area contributed by atoms with Crippen LogP contribution in [0.15, 0.2) is 30.3 Å². The van der Waals surface area contributed by atoms with E-state index in [2.05, 4.69) is 10.2 Å². The second kappa shape index (κ2) is 6.11. The smallest absolute Gasteiger partial charge is 0.312 e. The van der Waals surface area contributed by atoms with Crippen molar-refractivity contribution < 1.29 is 14.3 Å². The summed E-state index contributed by atoms with van der Waals surface area (Å²) in [7, 11) is 0. The minimum Gasteiger partial charge on any atom is -0.466 e. The Bertz CT molecular complexity index is 513. The summed E-state index contributed by atoms with van der Waals surface area (Å²) in [6, 6.07) is 9.30. The number of hydrogen-bond acceptors (Lipinski definition) is 6. The van der Waals surface area contributed by atoms with Gasteiger partial charge < -0.3 is 9.47 Å². The van der Waals surface area contributed by atoms with Gasteiger partial charge in [-0.15, -0.1) is 5.10 Å². The van der Waals surface area contributed by atoms with Crippen molar-refractivity contribution in [2.75, 3.05) is 6.61 Å². The molecule has 2 aromatic rings. The Morgan fingerprint density at radius 3 is 2.78 bits per heavy atom. The lowest BCUT2D eigenvalue weighted by molar-refractivity contribution is -0.142. The molecule has 0 bridgehead atoms. The fourth-order valence-corrected chi connectivity index (χ4v) is 1.97. The third-order valence-corrected chi connectivity index (χ3v) is 2.80. The van der Waals surface area contributed by atoms with E-state index in [0.29, 0.717) is 22.6 Å². The molecule has 1 aromatic heterocycles. The Kier molecular flexibility index (Phi) is 4.25. The zero-order valence-electron chi connectivity index (χ0n) is 9.83. The molecular weight excluding hydrogens is 252 g/mol. The maximum atomic E-state index is 11.3. The van der Waals surface area contributed by atoms with E-state index in [9.17, 15) is 4.79 Å². The Balaban J connectivity index is 1.96. The van der Waals surface area contributed by atoms with Crippen LogP contribution in [-0.2, 0) is 16.0 Å². The Labute approximate surface area is 108 Å². The fraction of sp³-hybridized carbons (Fsp3) is 0.250. The Hall–Kier alpha value is -1.95. The first kappa shape index (κ1) is 12.5. The van der Waals surface area contributed by atoms with Gasteiger partial charge >= 0.3 is 5.97 Å². The van der Waals surface area contributed by atoms with Gasteiger partial charge in [-0.05, 0) is 19.1 Å². The van der Waals surface area contributed by atoms with E-state index in [4.69, 9.17) is 9.47 Å². The molecule has 5 nitrogen and oxygen atoms in total. The molecule has 0 saturated heterocycles. The van der Waals surface area contributed by atoms with Gasteiger partial charge in [0.1, 0.15) is 10.8 Å². The van der Waals surface area contributed by atoms with Gasteiger partial charge in [0.25, 0.3) is 5.19 Å². The molecule has 0 N–H and O–H groups in total. The standard InChI is InChI=1S/C12H12N2O3S/c1-2-16-11(15)8-10-13-14-12(18-10)17-9-6-4-3-5-7-9/h3-7H,2,8H2,1H3. The number of rotatable bonds is 5. The number of carbonyl (C=O) groups excluding carboxylic acids is 1. The fourth-order valence-electron chi connectivity index (χ4n) is 1.28. The van der Waals surface area contributed by atoms with Gasteiger partial charge in [0.05, 0.1) is 13.0 Å². The average molecular weight is 264 g/mol. The minimum atomic E-state index is -0.306. The van der Waals surface area contributed by atoms with E-state index < -0.39 is 0 Å². The largest absolute Gasteiger partial charge is 0.466 e. The molecule has 1 aromatic carbocycles. The molecule has 0 saturated carbocycles. The van der Waals surface area contributed by atoms with Gasteiger partial charge in [0.2, 0.25) is 0 Å². The first-order chi connectivity index (χ1) is 8.78. The topological polar surface area (TPSA) is 61.3 Å². The molecule has 0 atom stereocenters. The van der Waals surface area contributed by atoms with Crippen LogP contribution in [0.2, 0.25) is 0 Å². The number of aromatic nitrogens is 2. The maximum Gasteiger partial charge on any atom is 0.312 e. The summed E-state index contributed by atoms with van der Waals surface area (Å²) in [5, 5.41) is 8.74. The highest BCUT2D eigenvalue weighted by atomic mass is 32.1. The van der Waals surface area contributed by atoms with Crippen LogP contribution < -0.4 is 4.74 Å². The van der Waals surface area contributed by atoms with Gasteiger partial charge in [-0.1, -0.05) is 34.6 Å². The summed E-state index contributed by atoms with van der Waals surface area (Å²) in [4.78, 5) is 11.3. The molecule has 6 heteroatoms. The van der Waals surface area contributed by atoms with Crippen molar-refractivity contribution >= 4 is 17.3 Å². The Morgan fingerprint density at radius 1 is 1.28 bits per heavy atom. The molecule has 0 aliphatic carbocycles. The molecule has 0 radical (unpaired) electrons. The molecule has 0 unspecified atom stereocenters. The van der Waals surface area contributed by atoms with Gasteiger partial charge in [-0.25, -0.2) is 0 Å². The van der Waals surface area contributed by atoms with Gasteiger partial charge in [0.15, 0.2) is 0 Å². The van der Waals surface area contributed by atoms with E-state index in [1.54, 1.807) is 6.92 Å². The van der Waals surface area contributed by atoms with Crippen LogP contribution in [0.1, 0.15) is 11.9 Å². The highest BCUT2D eigenvalue weighted by molar-refractivity contribution is 7.13. The number of benzene rings is 1. The molecule has 1 heterocycles. The van der Waals surface area contributed by atoms with Crippen LogP contribution >= 0.6 is 11.3 Å². The van der Waals surface area contributed by atoms with E-state index >= 15 is 0 Å². The first-order valence-corrected chi connectivity index (χ1v) is 6.30. The monoisotopic (exact) mass is 264 g/mol. The van der Waals surface area contributed by atoms with Crippen molar-refractivity contribution in [3.8, 4) is 10.9 Å². The summed E-state index contributed by atoms with van der Waals surface area (Å²) >= 11 is 1.24. The molecule has 94 valence electrons. The van der Waals surface area contributed by atoms with Crippen molar-refractivity contribution in [3.63, 3.8) is 0 Å². The Morgan fingerprint density at radius 2 is 2.06 bits per heavy atom. The SMILES string of the molecule is CCOC(=O)Cc1nnc(Oc2ccccc2)s1. The molecule has 0 aliphatic heterocycles. The lowest BCUT2D eigenvalue weighted by atomic mass is 10.3. The maximum absolute atomic E-state index is 11.3. The summed E-state index contributed by atoms with van der Waals surface area (Å²) in [5.41, 5.74) is 0. The predicted molar refractivity (Wildman–Crippen MR) is 66.8 cm³/mol. The molecule has 18 heavy (non-hydrogen) atoms. The van der Waals surface area contributed by atoms with Gasteiger partial charge in [-0.3, -0.25) is 4.79 Å². The van der Waals surface area contributed by atoms with E-state index in [1.807, 2.05) is 30.3 Å². The molecular formula is C12H12N2O3S. The number of nitrogens with zero attached hydrogens (tertiary/aromatic N) is 2. The lowest BCUT2D eigenvalue weighted by Gasteiger charge is -1.98. The van der Waals surface area contributed by atoms with Crippen molar-refractivity contribution in [1.82, 2.24) is 10.2 Å². The second-order valence-corrected chi connectivity index (χ2v) is 4.38. The average Bonchev–Trinajstić information content (AvgIpc) is 2.78. The third-order valence-electron chi connectivity index (χ3n) is 2.00. The van der Waals surface area contributed by atoms with E-state index in [1.165, 1.54) is 11.3 Å². The zero-order valence-corrected chi connectivity index (χ0v) is 10.6. The van der Waals surface area contributed by atoms with Crippen molar-refractivity contribution in [1.29, 1.82) is 0 Å². The molecule has 2 rings (SSSR count). The molecule has 0 spiro atoms. The number of ether oxygens (including phenoxy) is 2. The zero-order chi connectivity index (χ0) is 12.8. The molecule has 0 aliphatic rings. The summed E-state index contributed by atoms with van der Waals surface area (Å²) in [6.07, 6.45) is 0.129. The van der Waals surface area contributed by atoms with Crippen LogP contribution in [0.3, 0.4) is 0 Å². The quantitative estimate of drug-likeness (QED) is 0.776. The predicted octanol–water partition coefficient (Wildman–Crippen LogP) is 2.44. The van der Waals surface area contributed by atoms with Crippen LogP contribution in [0.5, 0.6) is 10.9 Å². The number of esters is 1. The number of hydrogen-bond donors (Lipinski definition) is 0. The highest BCUT2D eigenvalue weighted by Gasteiger charge is 2.11. The summed E-state index contributed by atoms with van der Waals surface area (Å²) in [5.74, 6) is 0.385. The van der Waals surface area contributed by atoms with Crippen molar-refractivity contribution in [2.45, 2.75) is 13.3 Å². The molecule has 0 fully saturated rings. The van der Waals surface area contributed by atoms with Crippen LogP contribution in [-0.4, -0.2) is 22.8 Å². The van der Waals surface area contributed by atoms with Gasteiger partial charge in [-0.2, -0.15) is 0 Å². The van der Waals surface area contributed by atoms with Crippen molar-refractivity contribution in [3.05, 3.63) is 35.3 Å². The first-order valence-electron chi connectivity index (χ1n) is 5.49.